The van der Waals surface area contributed by atoms with Crippen molar-refractivity contribution in [2.24, 2.45) is 5.92 Å². The summed E-state index contributed by atoms with van der Waals surface area (Å²) in [5.41, 5.74) is 1.36. The van der Waals surface area contributed by atoms with Crippen LogP contribution in [-0.2, 0) is 6.54 Å². The first-order valence-corrected chi connectivity index (χ1v) is 6.66. The zero-order chi connectivity index (χ0) is 12.1. The molecule has 1 aromatic carbocycles. The number of hydrogen-bond donors (Lipinski definition) is 1. The quantitative estimate of drug-likeness (QED) is 0.864. The summed E-state index contributed by atoms with van der Waals surface area (Å²) in [7, 11) is 2.19. The molecule has 0 aromatic heterocycles. The van der Waals surface area contributed by atoms with E-state index in [9.17, 15) is 5.11 Å². The van der Waals surface area contributed by atoms with Crippen LogP contribution in [0.1, 0.15) is 31.2 Å². The Morgan fingerprint density at radius 1 is 1.18 bits per heavy atom. The van der Waals surface area contributed by atoms with Crippen LogP contribution in [0.15, 0.2) is 30.3 Å². The number of hydrogen-bond acceptors (Lipinski definition) is 2. The number of nitrogens with zero attached hydrogens (tertiary/aromatic N) is 1. The standard InChI is InChI=1S/C15H23NO/c1-16(11-13-7-3-2-4-8-13)15-10-6-5-9-14(15)12-17/h2-4,7-8,14-15,17H,5-6,9-12H2,1H3/t14-,15-/m1/s1. The fourth-order valence-electron chi connectivity index (χ4n) is 2.97. The van der Waals surface area contributed by atoms with Crippen LogP contribution in [0.4, 0.5) is 0 Å². The van der Waals surface area contributed by atoms with Gasteiger partial charge in [0.15, 0.2) is 0 Å². The Morgan fingerprint density at radius 3 is 2.59 bits per heavy atom. The average Bonchev–Trinajstić information content (AvgIpc) is 2.40. The third-order valence-corrected chi connectivity index (χ3v) is 3.94. The SMILES string of the molecule is CN(Cc1ccccc1)[C@@H]1CCCC[C@@H]1CO. The lowest BCUT2D eigenvalue weighted by atomic mass is 9.84. The highest BCUT2D eigenvalue weighted by Crippen LogP contribution is 2.28. The van der Waals surface area contributed by atoms with Crippen LogP contribution >= 0.6 is 0 Å². The van der Waals surface area contributed by atoms with Crippen LogP contribution in [0.5, 0.6) is 0 Å². The van der Waals surface area contributed by atoms with Crippen LogP contribution in [-0.4, -0.2) is 29.7 Å². The predicted molar refractivity (Wildman–Crippen MR) is 70.7 cm³/mol. The lowest BCUT2D eigenvalue weighted by Gasteiger charge is -2.37. The van der Waals surface area contributed by atoms with Crippen molar-refractivity contribution in [2.45, 2.75) is 38.3 Å². The minimum Gasteiger partial charge on any atom is -0.396 e. The second-order valence-corrected chi connectivity index (χ2v) is 5.20. The van der Waals surface area contributed by atoms with E-state index in [1.807, 2.05) is 0 Å². The van der Waals surface area contributed by atoms with Gasteiger partial charge in [-0.25, -0.2) is 0 Å². The molecule has 0 amide bonds. The van der Waals surface area contributed by atoms with Crippen LogP contribution in [0.25, 0.3) is 0 Å². The van der Waals surface area contributed by atoms with Crippen molar-refractivity contribution >= 4 is 0 Å². The Kier molecular flexibility index (Phi) is 4.57. The number of rotatable bonds is 4. The van der Waals surface area contributed by atoms with Crippen LogP contribution in [0.2, 0.25) is 0 Å². The highest BCUT2D eigenvalue weighted by molar-refractivity contribution is 5.14. The van der Waals surface area contributed by atoms with E-state index in [1.54, 1.807) is 0 Å². The van der Waals surface area contributed by atoms with Gasteiger partial charge in [-0.05, 0) is 31.4 Å². The smallest absolute Gasteiger partial charge is 0.0474 e. The van der Waals surface area contributed by atoms with Crippen molar-refractivity contribution in [2.75, 3.05) is 13.7 Å². The largest absolute Gasteiger partial charge is 0.396 e. The van der Waals surface area contributed by atoms with Crippen molar-refractivity contribution in [3.63, 3.8) is 0 Å². The van der Waals surface area contributed by atoms with Gasteiger partial charge in [0.1, 0.15) is 0 Å². The summed E-state index contributed by atoms with van der Waals surface area (Å²) in [6.45, 7) is 1.33. The molecule has 1 saturated carbocycles. The lowest BCUT2D eigenvalue weighted by molar-refractivity contribution is 0.0780. The fourth-order valence-corrected chi connectivity index (χ4v) is 2.97. The molecule has 17 heavy (non-hydrogen) atoms. The second-order valence-electron chi connectivity index (χ2n) is 5.20. The van der Waals surface area contributed by atoms with E-state index in [2.05, 4.69) is 42.3 Å². The van der Waals surface area contributed by atoms with Gasteiger partial charge in [-0.1, -0.05) is 43.2 Å². The molecule has 1 aromatic rings. The normalized spacial score (nSPS) is 25.1. The summed E-state index contributed by atoms with van der Waals surface area (Å²) < 4.78 is 0. The molecule has 0 unspecified atom stereocenters. The minimum absolute atomic E-state index is 0.337. The van der Waals surface area contributed by atoms with Gasteiger partial charge in [-0.3, -0.25) is 4.90 Å². The Labute approximate surface area is 104 Å². The maximum Gasteiger partial charge on any atom is 0.0474 e. The Morgan fingerprint density at radius 2 is 1.88 bits per heavy atom. The summed E-state index contributed by atoms with van der Waals surface area (Å²) in [5.74, 6) is 0.470. The van der Waals surface area contributed by atoms with Crippen molar-refractivity contribution in [1.82, 2.24) is 4.90 Å². The lowest BCUT2D eigenvalue weighted by Crippen LogP contribution is -2.41. The van der Waals surface area contributed by atoms with Gasteiger partial charge in [-0.2, -0.15) is 0 Å². The Hall–Kier alpha value is -0.860. The van der Waals surface area contributed by atoms with Crippen LogP contribution in [0.3, 0.4) is 0 Å². The molecule has 1 N–H and O–H groups in total. The second kappa shape index (κ2) is 6.18. The van der Waals surface area contributed by atoms with Crippen molar-refractivity contribution in [1.29, 1.82) is 0 Å². The molecule has 0 heterocycles. The van der Waals surface area contributed by atoms with Crippen molar-refractivity contribution in [3.8, 4) is 0 Å². The maximum absolute atomic E-state index is 9.45. The van der Waals surface area contributed by atoms with E-state index in [1.165, 1.54) is 31.2 Å². The monoisotopic (exact) mass is 233 g/mol. The van der Waals surface area contributed by atoms with Gasteiger partial charge in [0.05, 0.1) is 0 Å². The first-order chi connectivity index (χ1) is 8.31. The highest BCUT2D eigenvalue weighted by Gasteiger charge is 2.27. The molecule has 2 atom stereocenters. The van der Waals surface area contributed by atoms with Gasteiger partial charge in [-0.15, -0.1) is 0 Å². The Balaban J connectivity index is 1.96. The highest BCUT2D eigenvalue weighted by atomic mass is 16.3. The molecule has 0 saturated heterocycles. The van der Waals surface area contributed by atoms with Gasteiger partial charge < -0.3 is 5.11 Å². The topological polar surface area (TPSA) is 23.5 Å². The average molecular weight is 233 g/mol. The Bertz CT molecular complexity index is 325. The first-order valence-electron chi connectivity index (χ1n) is 6.66. The number of aliphatic hydroxyl groups excluding tert-OH is 1. The van der Waals surface area contributed by atoms with E-state index in [0.717, 1.165) is 6.54 Å². The molecule has 1 aliphatic carbocycles. The number of benzene rings is 1. The van der Waals surface area contributed by atoms with E-state index < -0.39 is 0 Å². The van der Waals surface area contributed by atoms with Crippen molar-refractivity contribution in [3.05, 3.63) is 35.9 Å². The molecular formula is C15H23NO. The molecule has 1 aliphatic rings. The van der Waals surface area contributed by atoms with E-state index in [4.69, 9.17) is 0 Å². The minimum atomic E-state index is 0.337. The van der Waals surface area contributed by atoms with Gasteiger partial charge in [0, 0.05) is 19.2 Å². The zero-order valence-corrected chi connectivity index (χ0v) is 10.7. The number of aliphatic hydroxyl groups is 1. The molecule has 0 spiro atoms. The summed E-state index contributed by atoms with van der Waals surface area (Å²) in [5, 5.41) is 9.45. The zero-order valence-electron chi connectivity index (χ0n) is 10.7. The summed E-state index contributed by atoms with van der Waals surface area (Å²) in [6, 6.07) is 11.1. The molecule has 2 heteroatoms. The van der Waals surface area contributed by atoms with Crippen molar-refractivity contribution < 1.29 is 5.11 Å². The third kappa shape index (κ3) is 3.30. The molecule has 0 radical (unpaired) electrons. The molecule has 2 rings (SSSR count). The van der Waals surface area contributed by atoms with E-state index in [-0.39, 0.29) is 0 Å². The van der Waals surface area contributed by atoms with Crippen LogP contribution < -0.4 is 0 Å². The summed E-state index contributed by atoms with van der Waals surface area (Å²) >= 11 is 0. The summed E-state index contributed by atoms with van der Waals surface area (Å²) in [4.78, 5) is 2.41. The van der Waals surface area contributed by atoms with E-state index in [0.29, 0.717) is 18.6 Å². The summed E-state index contributed by atoms with van der Waals surface area (Å²) in [6.07, 6.45) is 5.00. The van der Waals surface area contributed by atoms with Gasteiger partial charge in [0.2, 0.25) is 0 Å². The van der Waals surface area contributed by atoms with Gasteiger partial charge >= 0.3 is 0 Å². The molecule has 1 fully saturated rings. The maximum atomic E-state index is 9.45. The van der Waals surface area contributed by atoms with Gasteiger partial charge in [0.25, 0.3) is 0 Å². The molecular weight excluding hydrogens is 210 g/mol. The molecule has 0 bridgehead atoms. The predicted octanol–water partition coefficient (Wildman–Crippen LogP) is 2.67. The van der Waals surface area contributed by atoms with Crippen LogP contribution in [0, 0.1) is 5.92 Å². The first kappa shape index (κ1) is 12.6. The molecule has 0 aliphatic heterocycles. The third-order valence-electron chi connectivity index (χ3n) is 3.94. The molecule has 2 nitrogen and oxygen atoms in total. The fraction of sp³-hybridized carbons (Fsp3) is 0.600. The van der Waals surface area contributed by atoms with E-state index >= 15 is 0 Å². The molecule has 94 valence electrons.